The summed E-state index contributed by atoms with van der Waals surface area (Å²) in [4.78, 5) is 4.41. The second-order valence-corrected chi connectivity index (χ2v) is 6.84. The van der Waals surface area contributed by atoms with E-state index >= 15 is 0 Å². The molecule has 2 aromatic carbocycles. The third-order valence-electron chi connectivity index (χ3n) is 4.39. The lowest BCUT2D eigenvalue weighted by molar-refractivity contribution is 0.209. The molecule has 0 aliphatic heterocycles. The monoisotopic (exact) mass is 437 g/mol. The first-order chi connectivity index (χ1) is 13.5. The molecule has 138 valence electrons. The van der Waals surface area contributed by atoms with Crippen LogP contribution in [0, 0.1) is 17.1 Å². The van der Waals surface area contributed by atoms with Crippen LogP contribution in [0.2, 0.25) is 0 Å². The Morgan fingerprint density at radius 2 is 1.89 bits per heavy atom. The summed E-state index contributed by atoms with van der Waals surface area (Å²) in [6.45, 7) is 0. The highest BCUT2D eigenvalue weighted by molar-refractivity contribution is 9.10. The fourth-order valence-corrected chi connectivity index (χ4v) is 3.58. The number of aromatic nitrogens is 3. The van der Waals surface area contributed by atoms with Gasteiger partial charge in [-0.2, -0.15) is 10.4 Å². The number of aliphatic hydroxyl groups is 1. The lowest BCUT2D eigenvalue weighted by Gasteiger charge is -2.09. The number of nitriles is 1. The van der Waals surface area contributed by atoms with Gasteiger partial charge in [-0.3, -0.25) is 0 Å². The van der Waals surface area contributed by atoms with Crippen LogP contribution in [0.15, 0.2) is 59.2 Å². The third-order valence-corrected chi connectivity index (χ3v) is 5.10. The molecule has 2 heterocycles. The number of rotatable bonds is 3. The van der Waals surface area contributed by atoms with E-state index in [4.69, 9.17) is 5.73 Å². The predicted octanol–water partition coefficient (Wildman–Crippen LogP) is 3.83. The quantitative estimate of drug-likeness (QED) is 0.507. The Bertz CT molecular complexity index is 1250. The number of aliphatic hydroxyl groups excluding tert-OH is 1. The number of halogens is 2. The minimum Gasteiger partial charge on any atom is -0.382 e. The van der Waals surface area contributed by atoms with Gasteiger partial charge in [0.15, 0.2) is 0 Å². The maximum Gasteiger partial charge on any atom is 0.150 e. The van der Waals surface area contributed by atoms with Gasteiger partial charge in [-0.15, -0.1) is 0 Å². The van der Waals surface area contributed by atoms with E-state index in [1.165, 1.54) is 16.6 Å². The van der Waals surface area contributed by atoms with Crippen molar-refractivity contribution in [2.24, 2.45) is 0 Å². The van der Waals surface area contributed by atoms with Gasteiger partial charge in [0.2, 0.25) is 0 Å². The van der Waals surface area contributed by atoms with Crippen molar-refractivity contribution in [2.75, 3.05) is 5.73 Å². The number of benzene rings is 2. The van der Waals surface area contributed by atoms with Crippen LogP contribution in [0.5, 0.6) is 0 Å². The second kappa shape index (κ2) is 7.03. The minimum absolute atomic E-state index is 0.114. The van der Waals surface area contributed by atoms with Crippen molar-refractivity contribution in [1.29, 1.82) is 5.26 Å². The highest BCUT2D eigenvalue weighted by Gasteiger charge is 2.22. The zero-order valence-electron chi connectivity index (χ0n) is 14.3. The maximum absolute atomic E-state index is 14.0. The number of anilines is 1. The number of fused-ring (bicyclic) bond motifs is 1. The number of hydrogen-bond acceptors (Lipinski definition) is 5. The number of hydrogen-bond donors (Lipinski definition) is 2. The second-order valence-electron chi connectivity index (χ2n) is 6.08. The van der Waals surface area contributed by atoms with E-state index in [0.29, 0.717) is 26.9 Å². The summed E-state index contributed by atoms with van der Waals surface area (Å²) >= 11 is 3.47. The van der Waals surface area contributed by atoms with E-state index in [-0.39, 0.29) is 17.1 Å². The van der Waals surface area contributed by atoms with Crippen LogP contribution in [0.4, 0.5) is 10.2 Å². The predicted molar refractivity (Wildman–Crippen MR) is 106 cm³/mol. The van der Waals surface area contributed by atoms with Gasteiger partial charge in [0.1, 0.15) is 33.6 Å². The Labute approximate surface area is 167 Å². The molecule has 4 aromatic rings. The van der Waals surface area contributed by atoms with Crippen LogP contribution < -0.4 is 5.73 Å². The van der Waals surface area contributed by atoms with Gasteiger partial charge >= 0.3 is 0 Å². The molecule has 4 rings (SSSR count). The fourth-order valence-electron chi connectivity index (χ4n) is 3.00. The summed E-state index contributed by atoms with van der Waals surface area (Å²) < 4.78 is 16.0. The zero-order valence-corrected chi connectivity index (χ0v) is 15.9. The number of nitrogens with two attached hydrogens (primary N) is 1. The van der Waals surface area contributed by atoms with Crippen LogP contribution in [0.1, 0.15) is 22.9 Å². The molecular weight excluding hydrogens is 425 g/mol. The normalized spacial score (nSPS) is 12.1. The number of nitrogens with zero attached hydrogens (tertiary/aromatic N) is 4. The van der Waals surface area contributed by atoms with E-state index < -0.39 is 11.9 Å². The molecule has 1 unspecified atom stereocenters. The molecule has 0 aliphatic carbocycles. The molecule has 1 atom stereocenters. The smallest absolute Gasteiger partial charge is 0.150 e. The van der Waals surface area contributed by atoms with Crippen molar-refractivity contribution >= 4 is 27.3 Å². The molecule has 0 amide bonds. The average Bonchev–Trinajstić information content (AvgIpc) is 3.17. The molecule has 0 aliphatic rings. The Morgan fingerprint density at radius 1 is 1.18 bits per heavy atom. The molecule has 3 N–H and O–H groups in total. The maximum atomic E-state index is 14.0. The lowest BCUT2D eigenvalue weighted by atomic mass is 10.1. The first kappa shape index (κ1) is 18.1. The molecule has 6 nitrogen and oxygen atoms in total. The standard InChI is InChI=1S/C20H13BrFN5O/c21-19-17(12-6-2-1-5-11(12)10-23)25-20(24)16-9-15(26-27(16)19)18(28)13-7-3-4-8-14(13)22/h1-9,18,28H,(H2,24,25). The highest BCUT2D eigenvalue weighted by atomic mass is 79.9. The van der Waals surface area contributed by atoms with Crippen molar-refractivity contribution in [1.82, 2.24) is 14.6 Å². The zero-order chi connectivity index (χ0) is 19.8. The summed E-state index contributed by atoms with van der Waals surface area (Å²) in [5.41, 5.74) is 8.38. The Balaban J connectivity index is 1.89. The average molecular weight is 438 g/mol. The Hall–Kier alpha value is -3.28. The van der Waals surface area contributed by atoms with Crippen molar-refractivity contribution in [3.05, 3.63) is 81.8 Å². The van der Waals surface area contributed by atoms with Crippen LogP contribution in [0.25, 0.3) is 16.8 Å². The fraction of sp³-hybridized carbons (Fsp3) is 0.0500. The van der Waals surface area contributed by atoms with Crippen molar-refractivity contribution < 1.29 is 9.50 Å². The van der Waals surface area contributed by atoms with Crippen LogP contribution in [-0.2, 0) is 0 Å². The Kier molecular flexibility index (Phi) is 4.55. The summed E-state index contributed by atoms with van der Waals surface area (Å²) in [5, 5.41) is 24.3. The minimum atomic E-state index is -1.26. The summed E-state index contributed by atoms with van der Waals surface area (Å²) in [5.74, 6) is -0.355. The van der Waals surface area contributed by atoms with Crippen molar-refractivity contribution in [3.63, 3.8) is 0 Å². The molecule has 28 heavy (non-hydrogen) atoms. The summed E-state index contributed by atoms with van der Waals surface area (Å²) in [6.07, 6.45) is -1.26. The largest absolute Gasteiger partial charge is 0.382 e. The van der Waals surface area contributed by atoms with Gasteiger partial charge in [0.25, 0.3) is 0 Å². The van der Waals surface area contributed by atoms with E-state index in [1.807, 2.05) is 0 Å². The summed E-state index contributed by atoms with van der Waals surface area (Å²) in [7, 11) is 0. The van der Waals surface area contributed by atoms with Gasteiger partial charge in [-0.25, -0.2) is 13.9 Å². The Morgan fingerprint density at radius 3 is 2.64 bits per heavy atom. The molecule has 0 spiro atoms. The molecular formula is C20H13BrFN5O. The number of nitrogen functional groups attached to an aromatic ring is 1. The molecule has 8 heteroatoms. The molecule has 2 aromatic heterocycles. The van der Waals surface area contributed by atoms with Crippen LogP contribution in [0.3, 0.4) is 0 Å². The molecule has 0 fully saturated rings. The van der Waals surface area contributed by atoms with Crippen molar-refractivity contribution in [3.8, 4) is 17.3 Å². The molecule has 0 saturated carbocycles. The SMILES string of the molecule is N#Cc1ccccc1-c1nc(N)c2cc(C(O)c3ccccc3F)nn2c1Br. The topological polar surface area (TPSA) is 100 Å². The molecule has 0 bridgehead atoms. The van der Waals surface area contributed by atoms with Gasteiger partial charge in [0, 0.05) is 11.1 Å². The van der Waals surface area contributed by atoms with Gasteiger partial charge in [-0.1, -0.05) is 36.4 Å². The highest BCUT2D eigenvalue weighted by Crippen LogP contribution is 2.33. The van der Waals surface area contributed by atoms with Gasteiger partial charge in [-0.05, 0) is 34.1 Å². The van der Waals surface area contributed by atoms with Gasteiger partial charge < -0.3 is 10.8 Å². The van der Waals surface area contributed by atoms with E-state index in [2.05, 4.69) is 32.1 Å². The van der Waals surface area contributed by atoms with E-state index in [1.54, 1.807) is 42.5 Å². The van der Waals surface area contributed by atoms with Crippen LogP contribution in [-0.4, -0.2) is 19.7 Å². The van der Waals surface area contributed by atoms with Crippen LogP contribution >= 0.6 is 15.9 Å². The lowest BCUT2D eigenvalue weighted by Crippen LogP contribution is -2.05. The third kappa shape index (κ3) is 2.91. The molecule has 0 radical (unpaired) electrons. The first-order valence-corrected chi connectivity index (χ1v) is 9.07. The van der Waals surface area contributed by atoms with E-state index in [9.17, 15) is 14.8 Å². The van der Waals surface area contributed by atoms with Crippen molar-refractivity contribution in [2.45, 2.75) is 6.10 Å². The van der Waals surface area contributed by atoms with Gasteiger partial charge in [0.05, 0.1) is 17.3 Å². The summed E-state index contributed by atoms with van der Waals surface area (Å²) in [6, 6.07) is 16.6. The first-order valence-electron chi connectivity index (χ1n) is 8.28. The van der Waals surface area contributed by atoms with E-state index in [0.717, 1.165) is 0 Å². The molecule has 0 saturated heterocycles.